The van der Waals surface area contributed by atoms with E-state index in [1.54, 1.807) is 6.20 Å². The lowest BCUT2D eigenvalue weighted by molar-refractivity contribution is -0.140. The molecule has 0 saturated carbocycles. The average molecular weight is 342 g/mol. The van der Waals surface area contributed by atoms with E-state index in [9.17, 15) is 4.79 Å². The number of piperidine rings is 1. The summed E-state index contributed by atoms with van der Waals surface area (Å²) in [5.74, 6) is 0.717. The number of aryl methyl sites for hydroxylation is 2. The highest BCUT2D eigenvalue weighted by Crippen LogP contribution is 2.30. The van der Waals surface area contributed by atoms with Crippen molar-refractivity contribution in [2.75, 3.05) is 19.7 Å². The Morgan fingerprint density at radius 1 is 1.36 bits per heavy atom. The molecule has 7 nitrogen and oxygen atoms in total. The second-order valence-electron chi connectivity index (χ2n) is 6.75. The van der Waals surface area contributed by atoms with Gasteiger partial charge in [-0.1, -0.05) is 11.3 Å². The van der Waals surface area contributed by atoms with Crippen LogP contribution in [0.15, 0.2) is 24.4 Å². The number of rotatable bonds is 3. The molecule has 0 aliphatic carbocycles. The first-order chi connectivity index (χ1) is 12.1. The van der Waals surface area contributed by atoms with Crippen LogP contribution in [-0.2, 0) is 16.1 Å². The molecule has 1 saturated heterocycles. The summed E-state index contributed by atoms with van der Waals surface area (Å²) in [7, 11) is 0. The molecule has 0 unspecified atom stereocenters. The molecule has 4 rings (SSSR count). The normalized spacial score (nSPS) is 22.2. The number of hydrogen-bond acceptors (Lipinski definition) is 5. The average Bonchev–Trinajstić information content (AvgIpc) is 3.11. The maximum Gasteiger partial charge on any atom is 0.260 e. The molecule has 0 spiro atoms. The van der Waals surface area contributed by atoms with Crippen molar-refractivity contribution < 1.29 is 14.3 Å². The third kappa shape index (κ3) is 3.11. The van der Waals surface area contributed by atoms with Crippen LogP contribution >= 0.6 is 0 Å². The molecule has 1 aromatic heterocycles. The van der Waals surface area contributed by atoms with E-state index >= 15 is 0 Å². The van der Waals surface area contributed by atoms with Gasteiger partial charge in [-0.3, -0.25) is 4.79 Å². The van der Waals surface area contributed by atoms with Gasteiger partial charge in [0.1, 0.15) is 5.75 Å². The van der Waals surface area contributed by atoms with E-state index in [1.165, 1.54) is 5.56 Å². The number of fused-ring (bicyclic) bond motifs is 3. The number of ether oxygens (including phenoxy) is 2. The second kappa shape index (κ2) is 6.48. The van der Waals surface area contributed by atoms with Crippen molar-refractivity contribution in [3.8, 4) is 5.75 Å². The number of carbonyl (C=O) groups is 1. The maximum atomic E-state index is 12.6. The van der Waals surface area contributed by atoms with E-state index in [1.807, 2.05) is 34.7 Å². The first-order valence-corrected chi connectivity index (χ1v) is 8.60. The Morgan fingerprint density at radius 2 is 2.24 bits per heavy atom. The summed E-state index contributed by atoms with van der Waals surface area (Å²) < 4.78 is 13.5. The fraction of sp³-hybridized carbons (Fsp3) is 0.500. The number of amides is 1. The number of carbonyl (C=O) groups excluding carboxylic acids is 1. The van der Waals surface area contributed by atoms with Crippen molar-refractivity contribution in [1.82, 2.24) is 19.9 Å². The molecule has 1 fully saturated rings. The molecule has 2 aliphatic heterocycles. The second-order valence-corrected chi connectivity index (χ2v) is 6.75. The molecular weight excluding hydrogens is 320 g/mol. The lowest BCUT2D eigenvalue weighted by Crippen LogP contribution is -2.50. The topological polar surface area (TPSA) is 69.5 Å². The lowest BCUT2D eigenvalue weighted by Gasteiger charge is -2.40. The highest BCUT2D eigenvalue weighted by molar-refractivity contribution is 5.78. The summed E-state index contributed by atoms with van der Waals surface area (Å²) in [6.07, 6.45) is 2.62. The number of aromatic nitrogens is 3. The first kappa shape index (κ1) is 16.1. The third-order valence-corrected chi connectivity index (χ3v) is 5.12. The van der Waals surface area contributed by atoms with Crippen molar-refractivity contribution in [3.05, 3.63) is 41.2 Å². The predicted molar refractivity (Wildman–Crippen MR) is 90.2 cm³/mol. The van der Waals surface area contributed by atoms with Gasteiger partial charge in [0.25, 0.3) is 5.91 Å². The SMILES string of the molecule is Cc1ccc(OCC(=O)N2CC[C@@H]3OCc4cnnn4[C@H]3C2)cc1C. The maximum absolute atomic E-state index is 12.6. The van der Waals surface area contributed by atoms with Crippen molar-refractivity contribution in [2.24, 2.45) is 0 Å². The first-order valence-electron chi connectivity index (χ1n) is 8.60. The molecular formula is C18H22N4O3. The fourth-order valence-electron chi connectivity index (χ4n) is 3.45. The van der Waals surface area contributed by atoms with Gasteiger partial charge in [0.15, 0.2) is 6.61 Å². The largest absolute Gasteiger partial charge is 0.484 e. The molecule has 0 radical (unpaired) electrons. The van der Waals surface area contributed by atoms with Crippen LogP contribution in [0.5, 0.6) is 5.75 Å². The Kier molecular flexibility index (Phi) is 4.17. The number of likely N-dealkylation sites (tertiary alicyclic amines) is 1. The van der Waals surface area contributed by atoms with Crippen LogP contribution in [0.2, 0.25) is 0 Å². The van der Waals surface area contributed by atoms with Crippen molar-refractivity contribution in [3.63, 3.8) is 0 Å². The fourth-order valence-corrected chi connectivity index (χ4v) is 3.45. The van der Waals surface area contributed by atoms with Gasteiger partial charge in [-0.05, 0) is 43.5 Å². The number of nitrogens with zero attached hydrogens (tertiary/aromatic N) is 4. The van der Waals surface area contributed by atoms with E-state index in [-0.39, 0.29) is 24.7 Å². The van der Waals surface area contributed by atoms with Crippen molar-refractivity contribution in [1.29, 1.82) is 0 Å². The van der Waals surface area contributed by atoms with E-state index in [0.29, 0.717) is 19.7 Å². The van der Waals surface area contributed by atoms with Gasteiger partial charge in [-0.2, -0.15) is 0 Å². The van der Waals surface area contributed by atoms with Crippen LogP contribution in [0.25, 0.3) is 0 Å². The molecule has 2 aromatic rings. The zero-order valence-electron chi connectivity index (χ0n) is 14.5. The minimum atomic E-state index is -0.0103. The molecule has 1 aromatic carbocycles. The minimum absolute atomic E-state index is 0.0103. The van der Waals surface area contributed by atoms with Gasteiger partial charge >= 0.3 is 0 Å². The standard InChI is InChI=1S/C18H22N4O3/c1-12-3-4-15(7-13(12)2)24-11-18(23)21-6-5-17-16(9-21)22-14(10-25-17)8-19-20-22/h3-4,7-8,16-17H,5-6,9-11H2,1-2H3/t16-,17-/m0/s1. The van der Waals surface area contributed by atoms with E-state index < -0.39 is 0 Å². The summed E-state index contributed by atoms with van der Waals surface area (Å²) in [5.41, 5.74) is 3.33. The molecule has 7 heteroatoms. The summed E-state index contributed by atoms with van der Waals surface area (Å²) in [6.45, 7) is 5.94. The Balaban J connectivity index is 1.39. The third-order valence-electron chi connectivity index (χ3n) is 5.12. The van der Waals surface area contributed by atoms with Crippen molar-refractivity contribution >= 4 is 5.91 Å². The van der Waals surface area contributed by atoms with Crippen LogP contribution in [0.3, 0.4) is 0 Å². The van der Waals surface area contributed by atoms with Crippen molar-refractivity contribution in [2.45, 2.75) is 39.0 Å². The lowest BCUT2D eigenvalue weighted by atomic mass is 10.0. The van der Waals surface area contributed by atoms with Gasteiger partial charge in [-0.15, -0.1) is 5.10 Å². The molecule has 2 aliphatic rings. The summed E-state index contributed by atoms with van der Waals surface area (Å²) in [5, 5.41) is 8.12. The Morgan fingerprint density at radius 3 is 3.08 bits per heavy atom. The summed E-state index contributed by atoms with van der Waals surface area (Å²) in [6, 6.07) is 5.90. The monoisotopic (exact) mass is 342 g/mol. The summed E-state index contributed by atoms with van der Waals surface area (Å²) >= 11 is 0. The van der Waals surface area contributed by atoms with Crippen LogP contribution in [-0.4, -0.2) is 51.6 Å². The number of benzene rings is 1. The smallest absolute Gasteiger partial charge is 0.260 e. The predicted octanol–water partition coefficient (Wildman–Crippen LogP) is 1.65. The van der Waals surface area contributed by atoms with Crippen LogP contribution in [0.4, 0.5) is 0 Å². The molecule has 2 atom stereocenters. The van der Waals surface area contributed by atoms with Gasteiger partial charge in [0.05, 0.1) is 30.6 Å². The van der Waals surface area contributed by atoms with E-state index in [4.69, 9.17) is 9.47 Å². The Labute approximate surface area is 146 Å². The molecule has 3 heterocycles. The molecule has 25 heavy (non-hydrogen) atoms. The molecule has 0 bridgehead atoms. The zero-order chi connectivity index (χ0) is 17.4. The minimum Gasteiger partial charge on any atom is -0.484 e. The van der Waals surface area contributed by atoms with Gasteiger partial charge in [0, 0.05) is 13.1 Å². The van der Waals surface area contributed by atoms with Gasteiger partial charge < -0.3 is 14.4 Å². The van der Waals surface area contributed by atoms with E-state index in [2.05, 4.69) is 17.2 Å². The van der Waals surface area contributed by atoms with Crippen LogP contribution < -0.4 is 4.74 Å². The highest BCUT2D eigenvalue weighted by Gasteiger charge is 2.37. The van der Waals surface area contributed by atoms with Crippen LogP contribution in [0.1, 0.15) is 29.3 Å². The molecule has 0 N–H and O–H groups in total. The van der Waals surface area contributed by atoms with E-state index in [0.717, 1.165) is 23.4 Å². The Hall–Kier alpha value is -2.41. The zero-order valence-corrected chi connectivity index (χ0v) is 14.5. The van der Waals surface area contributed by atoms with Gasteiger partial charge in [0.2, 0.25) is 0 Å². The molecule has 1 amide bonds. The highest BCUT2D eigenvalue weighted by atomic mass is 16.5. The number of hydrogen-bond donors (Lipinski definition) is 0. The summed E-state index contributed by atoms with van der Waals surface area (Å²) in [4.78, 5) is 14.4. The molecule has 132 valence electrons. The van der Waals surface area contributed by atoms with Crippen LogP contribution in [0, 0.1) is 13.8 Å². The quantitative estimate of drug-likeness (QED) is 0.848. The van der Waals surface area contributed by atoms with Gasteiger partial charge in [-0.25, -0.2) is 4.68 Å². The Bertz CT molecular complexity index is 788.